The molecule has 2 heterocycles. The summed E-state index contributed by atoms with van der Waals surface area (Å²) in [5.74, 6) is -0.114. The number of methoxy groups -OCH3 is 1. The Morgan fingerprint density at radius 2 is 2.04 bits per heavy atom. The fraction of sp³-hybridized carbons (Fsp3) is 0.0526. The molecule has 1 amide bonds. The summed E-state index contributed by atoms with van der Waals surface area (Å²) in [5, 5.41) is 5.03. The molecule has 27 heavy (non-hydrogen) atoms. The first kappa shape index (κ1) is 17.5. The van der Waals surface area contributed by atoms with Crippen molar-refractivity contribution in [2.45, 2.75) is 0 Å². The van der Waals surface area contributed by atoms with Crippen LogP contribution in [0.4, 0.5) is 10.1 Å². The number of imidazole rings is 1. The van der Waals surface area contributed by atoms with Gasteiger partial charge in [-0.15, -0.1) is 11.3 Å². The summed E-state index contributed by atoms with van der Waals surface area (Å²) in [5.41, 5.74) is 2.34. The molecule has 0 saturated heterocycles. The molecule has 0 spiro atoms. The Morgan fingerprint density at radius 3 is 2.78 bits per heavy atom. The number of anilines is 1. The monoisotopic (exact) mass is 401 g/mol. The molecule has 0 radical (unpaired) electrons. The Bertz CT molecular complexity index is 1140. The van der Waals surface area contributed by atoms with E-state index in [0.717, 1.165) is 5.56 Å². The predicted octanol–water partition coefficient (Wildman–Crippen LogP) is 5.12. The van der Waals surface area contributed by atoms with Crippen molar-refractivity contribution in [3.63, 3.8) is 0 Å². The van der Waals surface area contributed by atoms with Crippen LogP contribution in [0.2, 0.25) is 5.02 Å². The summed E-state index contributed by atoms with van der Waals surface area (Å²) in [6.07, 6.45) is 1.75. The molecule has 136 valence electrons. The van der Waals surface area contributed by atoms with Crippen molar-refractivity contribution in [3.05, 3.63) is 70.6 Å². The van der Waals surface area contributed by atoms with Gasteiger partial charge < -0.3 is 10.1 Å². The van der Waals surface area contributed by atoms with Crippen molar-refractivity contribution in [3.8, 4) is 17.0 Å². The number of ether oxygens (including phenoxy) is 1. The molecule has 0 bridgehead atoms. The van der Waals surface area contributed by atoms with Gasteiger partial charge in [-0.1, -0.05) is 11.6 Å². The number of halogens is 2. The molecule has 0 aliphatic carbocycles. The minimum absolute atomic E-state index is 0.310. The summed E-state index contributed by atoms with van der Waals surface area (Å²) in [4.78, 5) is 17.9. The number of fused-ring (bicyclic) bond motifs is 1. The first-order chi connectivity index (χ1) is 13.0. The van der Waals surface area contributed by atoms with Gasteiger partial charge in [0, 0.05) is 22.2 Å². The Morgan fingerprint density at radius 1 is 1.26 bits per heavy atom. The number of rotatable bonds is 4. The second kappa shape index (κ2) is 7.02. The zero-order chi connectivity index (χ0) is 19.0. The summed E-state index contributed by atoms with van der Waals surface area (Å²) in [7, 11) is 1.52. The number of carbonyl (C=O) groups is 1. The molecule has 1 N–H and O–H groups in total. The van der Waals surface area contributed by atoms with E-state index >= 15 is 0 Å². The molecule has 8 heteroatoms. The van der Waals surface area contributed by atoms with Gasteiger partial charge in [0.05, 0.1) is 18.5 Å². The van der Waals surface area contributed by atoms with Gasteiger partial charge in [-0.25, -0.2) is 9.37 Å². The van der Waals surface area contributed by atoms with Crippen LogP contribution in [0.5, 0.6) is 5.75 Å². The third-order valence-corrected chi connectivity index (χ3v) is 5.07. The number of benzene rings is 2. The lowest BCUT2D eigenvalue weighted by Gasteiger charge is -2.10. The predicted molar refractivity (Wildman–Crippen MR) is 104 cm³/mol. The SMILES string of the molecule is COc1ccc(Cl)cc1NC(=O)c1csc2nc(-c3ccc(F)cc3)cn12. The largest absolute Gasteiger partial charge is 0.495 e. The van der Waals surface area contributed by atoms with Crippen LogP contribution in [0.25, 0.3) is 16.2 Å². The van der Waals surface area contributed by atoms with Crippen LogP contribution in [0, 0.1) is 5.82 Å². The van der Waals surface area contributed by atoms with E-state index in [1.807, 2.05) is 0 Å². The van der Waals surface area contributed by atoms with Crippen LogP contribution in [0.3, 0.4) is 0 Å². The lowest BCUT2D eigenvalue weighted by atomic mass is 10.2. The van der Waals surface area contributed by atoms with E-state index in [1.165, 1.54) is 30.6 Å². The topological polar surface area (TPSA) is 55.6 Å². The third kappa shape index (κ3) is 3.39. The highest BCUT2D eigenvalue weighted by atomic mass is 35.5. The van der Waals surface area contributed by atoms with E-state index in [4.69, 9.17) is 16.3 Å². The fourth-order valence-corrected chi connectivity index (χ4v) is 3.70. The molecule has 0 saturated carbocycles. The van der Waals surface area contributed by atoms with Crippen molar-refractivity contribution in [1.82, 2.24) is 9.38 Å². The average molecular weight is 402 g/mol. The molecule has 0 fully saturated rings. The number of aromatic nitrogens is 2. The second-order valence-corrected chi connectivity index (χ2v) is 6.98. The van der Waals surface area contributed by atoms with Gasteiger partial charge >= 0.3 is 0 Å². The van der Waals surface area contributed by atoms with Gasteiger partial charge in [0.2, 0.25) is 0 Å². The molecule has 4 rings (SSSR count). The van der Waals surface area contributed by atoms with Gasteiger partial charge in [0.1, 0.15) is 17.3 Å². The summed E-state index contributed by atoms with van der Waals surface area (Å²) >= 11 is 7.36. The highest BCUT2D eigenvalue weighted by molar-refractivity contribution is 7.15. The maximum absolute atomic E-state index is 13.1. The summed E-state index contributed by atoms with van der Waals surface area (Å²) in [6.45, 7) is 0. The average Bonchev–Trinajstić information content (AvgIpc) is 3.23. The molecule has 2 aromatic carbocycles. The van der Waals surface area contributed by atoms with Crippen molar-refractivity contribution in [2.75, 3.05) is 12.4 Å². The van der Waals surface area contributed by atoms with E-state index in [-0.39, 0.29) is 11.7 Å². The standard InChI is InChI=1S/C19H13ClFN3O2S/c1-26-17-7-4-12(20)8-14(17)22-18(25)16-10-27-19-23-15(9-24(16)19)11-2-5-13(21)6-3-11/h2-10H,1H3,(H,22,25). The van der Waals surface area contributed by atoms with Crippen molar-refractivity contribution >= 4 is 39.5 Å². The minimum Gasteiger partial charge on any atom is -0.495 e. The lowest BCUT2D eigenvalue weighted by molar-refractivity contribution is 0.102. The van der Waals surface area contributed by atoms with E-state index in [1.54, 1.807) is 46.3 Å². The number of thiazole rings is 1. The molecule has 4 aromatic rings. The van der Waals surface area contributed by atoms with E-state index in [0.29, 0.717) is 32.8 Å². The maximum Gasteiger partial charge on any atom is 0.273 e. The van der Waals surface area contributed by atoms with Gasteiger partial charge in [-0.05, 0) is 42.5 Å². The maximum atomic E-state index is 13.1. The normalized spacial score (nSPS) is 10.9. The Labute approximate surface area is 163 Å². The molecule has 0 atom stereocenters. The molecular weight excluding hydrogens is 389 g/mol. The number of hydrogen-bond acceptors (Lipinski definition) is 4. The van der Waals surface area contributed by atoms with Gasteiger partial charge in [-0.3, -0.25) is 9.20 Å². The zero-order valence-corrected chi connectivity index (χ0v) is 15.6. The Balaban J connectivity index is 1.67. The van der Waals surface area contributed by atoms with Crippen molar-refractivity contribution in [2.24, 2.45) is 0 Å². The number of hydrogen-bond donors (Lipinski definition) is 1. The highest BCUT2D eigenvalue weighted by Gasteiger charge is 2.17. The molecule has 0 aliphatic rings. The minimum atomic E-state index is -0.315. The quantitative estimate of drug-likeness (QED) is 0.516. The lowest BCUT2D eigenvalue weighted by Crippen LogP contribution is -2.14. The summed E-state index contributed by atoms with van der Waals surface area (Å²) < 4.78 is 20.1. The van der Waals surface area contributed by atoms with Crippen LogP contribution >= 0.6 is 22.9 Å². The van der Waals surface area contributed by atoms with Crippen LogP contribution in [-0.2, 0) is 0 Å². The Kier molecular flexibility index (Phi) is 4.55. The zero-order valence-electron chi connectivity index (χ0n) is 14.1. The smallest absolute Gasteiger partial charge is 0.273 e. The van der Waals surface area contributed by atoms with Crippen LogP contribution in [0.15, 0.2) is 54.0 Å². The molecular formula is C19H13ClFN3O2S. The molecule has 0 aliphatic heterocycles. The third-order valence-electron chi connectivity index (χ3n) is 3.99. The Hall–Kier alpha value is -2.90. The van der Waals surface area contributed by atoms with E-state index < -0.39 is 0 Å². The van der Waals surface area contributed by atoms with Gasteiger partial charge in [0.25, 0.3) is 5.91 Å². The van der Waals surface area contributed by atoms with Gasteiger partial charge in [-0.2, -0.15) is 0 Å². The summed E-state index contributed by atoms with van der Waals surface area (Å²) in [6, 6.07) is 11.1. The van der Waals surface area contributed by atoms with Gasteiger partial charge in [0.15, 0.2) is 4.96 Å². The second-order valence-electron chi connectivity index (χ2n) is 5.71. The van der Waals surface area contributed by atoms with Crippen molar-refractivity contribution in [1.29, 1.82) is 0 Å². The molecule has 2 aromatic heterocycles. The number of nitrogens with one attached hydrogen (secondary N) is 1. The molecule has 0 unspecified atom stereocenters. The van der Waals surface area contributed by atoms with Crippen LogP contribution in [0.1, 0.15) is 10.5 Å². The first-order valence-corrected chi connectivity index (χ1v) is 9.18. The van der Waals surface area contributed by atoms with Crippen molar-refractivity contribution < 1.29 is 13.9 Å². The highest BCUT2D eigenvalue weighted by Crippen LogP contribution is 2.29. The first-order valence-electron chi connectivity index (χ1n) is 7.92. The van der Waals surface area contributed by atoms with Crippen LogP contribution < -0.4 is 10.1 Å². The number of amides is 1. The fourth-order valence-electron chi connectivity index (χ4n) is 2.67. The van der Waals surface area contributed by atoms with E-state index in [2.05, 4.69) is 10.3 Å². The number of carbonyl (C=O) groups excluding carboxylic acids is 1. The van der Waals surface area contributed by atoms with E-state index in [9.17, 15) is 9.18 Å². The van der Waals surface area contributed by atoms with Crippen LogP contribution in [-0.4, -0.2) is 22.4 Å². The number of nitrogens with zero attached hydrogens (tertiary/aromatic N) is 2. The molecule has 5 nitrogen and oxygen atoms in total.